The Hall–Kier alpha value is -1.55. The first kappa shape index (κ1) is 18.2. The van der Waals surface area contributed by atoms with Crippen molar-refractivity contribution in [1.29, 1.82) is 0 Å². The number of hydrogen-bond donors (Lipinski definition) is 0. The van der Waals surface area contributed by atoms with E-state index in [1.54, 1.807) is 0 Å². The highest BCUT2D eigenvalue weighted by Gasteiger charge is 2.28. The average molecular weight is 344 g/mol. The molecule has 2 aliphatic rings. The number of ether oxygens (including phenoxy) is 1. The molecule has 2 aliphatic heterocycles. The first-order valence-electron chi connectivity index (χ1n) is 9.99. The van der Waals surface area contributed by atoms with Crippen LogP contribution in [0.5, 0.6) is 5.75 Å². The normalized spacial score (nSPS) is 20.3. The van der Waals surface area contributed by atoms with Crippen LogP contribution in [-0.4, -0.2) is 48.5 Å². The summed E-state index contributed by atoms with van der Waals surface area (Å²) in [5.74, 6) is 1.61. The van der Waals surface area contributed by atoms with E-state index in [-0.39, 0.29) is 5.92 Å². The van der Waals surface area contributed by atoms with E-state index in [1.165, 1.54) is 31.2 Å². The Balaban J connectivity index is 1.48. The van der Waals surface area contributed by atoms with Crippen LogP contribution in [-0.2, 0) is 11.3 Å². The highest BCUT2D eigenvalue weighted by molar-refractivity contribution is 5.79. The molecule has 1 amide bonds. The summed E-state index contributed by atoms with van der Waals surface area (Å²) < 4.78 is 5.59. The second-order valence-electron chi connectivity index (χ2n) is 7.37. The molecule has 1 aromatic rings. The van der Waals surface area contributed by atoms with Crippen molar-refractivity contribution < 1.29 is 9.53 Å². The highest BCUT2D eigenvalue weighted by atomic mass is 16.5. The number of carbonyl (C=O) groups is 1. The third-order valence-electron chi connectivity index (χ3n) is 5.47. The number of amides is 1. The van der Waals surface area contributed by atoms with E-state index < -0.39 is 0 Å². The monoisotopic (exact) mass is 344 g/mol. The van der Waals surface area contributed by atoms with Gasteiger partial charge in [0, 0.05) is 25.6 Å². The van der Waals surface area contributed by atoms with Gasteiger partial charge in [0.1, 0.15) is 5.75 Å². The van der Waals surface area contributed by atoms with Gasteiger partial charge in [0.05, 0.1) is 6.61 Å². The first-order chi connectivity index (χ1) is 12.3. The van der Waals surface area contributed by atoms with Crippen LogP contribution in [0.25, 0.3) is 0 Å². The van der Waals surface area contributed by atoms with Gasteiger partial charge in [-0.15, -0.1) is 0 Å². The van der Waals surface area contributed by atoms with Gasteiger partial charge in [-0.1, -0.05) is 25.0 Å². The van der Waals surface area contributed by atoms with E-state index in [9.17, 15) is 4.79 Å². The summed E-state index contributed by atoms with van der Waals surface area (Å²) in [7, 11) is 0. The summed E-state index contributed by atoms with van der Waals surface area (Å²) in [5, 5.41) is 0. The maximum absolute atomic E-state index is 12.8. The summed E-state index contributed by atoms with van der Waals surface area (Å²) >= 11 is 0. The molecule has 4 nitrogen and oxygen atoms in total. The van der Waals surface area contributed by atoms with E-state index in [0.29, 0.717) is 12.5 Å². The number of hydrogen-bond acceptors (Lipinski definition) is 3. The number of likely N-dealkylation sites (tertiary alicyclic amines) is 2. The van der Waals surface area contributed by atoms with Crippen molar-refractivity contribution in [3.63, 3.8) is 0 Å². The molecule has 138 valence electrons. The Kier molecular flexibility index (Phi) is 6.74. The quantitative estimate of drug-likeness (QED) is 0.816. The molecule has 2 fully saturated rings. The van der Waals surface area contributed by atoms with E-state index in [2.05, 4.69) is 28.0 Å². The summed E-state index contributed by atoms with van der Waals surface area (Å²) in [6, 6.07) is 8.38. The van der Waals surface area contributed by atoms with Crippen molar-refractivity contribution in [1.82, 2.24) is 9.80 Å². The van der Waals surface area contributed by atoms with Crippen LogP contribution in [0.15, 0.2) is 24.3 Å². The maximum Gasteiger partial charge on any atom is 0.225 e. The molecule has 0 unspecified atom stereocenters. The van der Waals surface area contributed by atoms with E-state index in [0.717, 1.165) is 51.3 Å². The van der Waals surface area contributed by atoms with Crippen LogP contribution >= 0.6 is 0 Å². The second kappa shape index (κ2) is 9.23. The molecule has 0 spiro atoms. The fraction of sp³-hybridized carbons (Fsp3) is 0.667. The molecule has 0 aliphatic carbocycles. The molecule has 4 heteroatoms. The Bertz CT molecular complexity index is 545. The minimum atomic E-state index is 0.240. The predicted octanol–water partition coefficient (Wildman–Crippen LogP) is 3.70. The Morgan fingerprint density at radius 3 is 2.48 bits per heavy atom. The maximum atomic E-state index is 12.8. The van der Waals surface area contributed by atoms with Crippen LogP contribution in [0.2, 0.25) is 0 Å². The largest absolute Gasteiger partial charge is 0.494 e. The number of benzene rings is 1. The van der Waals surface area contributed by atoms with Gasteiger partial charge in [0.15, 0.2) is 0 Å². The number of carbonyl (C=O) groups excluding carboxylic acids is 1. The Morgan fingerprint density at radius 1 is 1.08 bits per heavy atom. The molecule has 0 N–H and O–H groups in total. The van der Waals surface area contributed by atoms with Gasteiger partial charge in [-0.2, -0.15) is 0 Å². The van der Waals surface area contributed by atoms with Gasteiger partial charge in [-0.25, -0.2) is 0 Å². The van der Waals surface area contributed by atoms with Gasteiger partial charge >= 0.3 is 0 Å². The lowest BCUT2D eigenvalue weighted by Gasteiger charge is -2.34. The molecular weight excluding hydrogens is 312 g/mol. The molecule has 0 radical (unpaired) electrons. The first-order valence-corrected chi connectivity index (χ1v) is 9.99. The highest BCUT2D eigenvalue weighted by Crippen LogP contribution is 2.23. The molecular formula is C21H32N2O2. The smallest absolute Gasteiger partial charge is 0.225 e. The summed E-state index contributed by atoms with van der Waals surface area (Å²) in [5.41, 5.74) is 1.29. The Morgan fingerprint density at radius 2 is 1.80 bits per heavy atom. The van der Waals surface area contributed by atoms with Crippen molar-refractivity contribution >= 4 is 5.91 Å². The van der Waals surface area contributed by atoms with Gasteiger partial charge in [-0.3, -0.25) is 9.69 Å². The molecule has 3 rings (SSSR count). The van der Waals surface area contributed by atoms with Crippen molar-refractivity contribution in [2.45, 2.75) is 52.0 Å². The summed E-state index contributed by atoms with van der Waals surface area (Å²) in [6.07, 6.45) is 6.93. The number of nitrogens with zero attached hydrogens (tertiary/aromatic N) is 2. The topological polar surface area (TPSA) is 32.8 Å². The van der Waals surface area contributed by atoms with Gasteiger partial charge < -0.3 is 9.64 Å². The van der Waals surface area contributed by atoms with E-state index in [1.807, 2.05) is 13.0 Å². The zero-order chi connectivity index (χ0) is 17.5. The lowest BCUT2D eigenvalue weighted by molar-refractivity contribution is -0.137. The minimum Gasteiger partial charge on any atom is -0.494 e. The van der Waals surface area contributed by atoms with Crippen molar-refractivity contribution in [2.24, 2.45) is 5.92 Å². The van der Waals surface area contributed by atoms with Crippen LogP contribution in [0.1, 0.15) is 51.0 Å². The van der Waals surface area contributed by atoms with Gasteiger partial charge in [0.25, 0.3) is 0 Å². The molecule has 1 aromatic carbocycles. The average Bonchev–Trinajstić information content (AvgIpc) is 2.92. The van der Waals surface area contributed by atoms with Crippen LogP contribution in [0, 0.1) is 5.92 Å². The lowest BCUT2D eigenvalue weighted by atomic mass is 9.94. The Labute approximate surface area is 152 Å². The molecule has 0 saturated carbocycles. The van der Waals surface area contributed by atoms with E-state index >= 15 is 0 Å². The third-order valence-corrected chi connectivity index (χ3v) is 5.47. The third kappa shape index (κ3) is 5.21. The fourth-order valence-corrected chi connectivity index (χ4v) is 4.05. The van der Waals surface area contributed by atoms with Crippen LogP contribution in [0.4, 0.5) is 0 Å². The zero-order valence-electron chi connectivity index (χ0n) is 15.6. The minimum absolute atomic E-state index is 0.240. The van der Waals surface area contributed by atoms with Crippen LogP contribution in [0.3, 0.4) is 0 Å². The summed E-state index contributed by atoms with van der Waals surface area (Å²) in [6.45, 7) is 7.65. The molecule has 0 atom stereocenters. The number of rotatable bonds is 5. The lowest BCUT2D eigenvalue weighted by Crippen LogP contribution is -2.42. The van der Waals surface area contributed by atoms with Crippen LogP contribution < -0.4 is 4.74 Å². The second-order valence-corrected chi connectivity index (χ2v) is 7.37. The number of piperidine rings is 1. The predicted molar refractivity (Wildman–Crippen MR) is 101 cm³/mol. The van der Waals surface area contributed by atoms with Gasteiger partial charge in [-0.05, 0) is 63.4 Å². The molecule has 0 aromatic heterocycles. The summed E-state index contributed by atoms with van der Waals surface area (Å²) in [4.78, 5) is 17.4. The molecule has 0 bridgehead atoms. The van der Waals surface area contributed by atoms with Gasteiger partial charge in [0.2, 0.25) is 5.91 Å². The fourth-order valence-electron chi connectivity index (χ4n) is 4.05. The molecule has 25 heavy (non-hydrogen) atoms. The molecule has 2 saturated heterocycles. The van der Waals surface area contributed by atoms with E-state index in [4.69, 9.17) is 4.74 Å². The van der Waals surface area contributed by atoms with Crippen molar-refractivity contribution in [3.8, 4) is 5.75 Å². The molecule has 2 heterocycles. The van der Waals surface area contributed by atoms with Crippen molar-refractivity contribution in [3.05, 3.63) is 29.8 Å². The SMILES string of the molecule is CCOc1cccc(CN2CCC(C(=O)N3CCCCCC3)CC2)c1. The van der Waals surface area contributed by atoms with Crippen molar-refractivity contribution in [2.75, 3.05) is 32.8 Å². The standard InChI is InChI=1S/C21H32N2O2/c1-2-25-20-9-7-8-18(16-20)17-22-14-10-19(11-15-22)21(24)23-12-5-3-4-6-13-23/h7-9,16,19H,2-6,10-15,17H2,1H3. The zero-order valence-corrected chi connectivity index (χ0v) is 15.6.